The number of carboxylic acid groups (broad SMARTS) is 1. The van der Waals surface area contributed by atoms with Crippen LogP contribution in [0.4, 0.5) is 10.5 Å². The molecule has 1 aromatic heterocycles. The molecular weight excluding hydrogens is 400 g/mol. The Morgan fingerprint density at radius 1 is 1.07 bits per heavy atom. The van der Waals surface area contributed by atoms with Crippen LogP contribution in [0.1, 0.15) is 27.2 Å². The maximum absolute atomic E-state index is 11.9. The van der Waals surface area contributed by atoms with Crippen molar-refractivity contribution in [2.45, 2.75) is 13.8 Å². The third kappa shape index (κ3) is 4.21. The summed E-state index contributed by atoms with van der Waals surface area (Å²) in [5.74, 6) is 0.683. The number of carbonyl (C=O) groups is 2. The number of thioether (sulfide) groups is 1. The minimum Gasteiger partial charge on any atom is -0.478 e. The van der Waals surface area contributed by atoms with Crippen LogP contribution in [0.25, 0.3) is 17.4 Å². The summed E-state index contributed by atoms with van der Waals surface area (Å²) in [5, 5.41) is 11.6. The number of aliphatic imine (C=N–C) groups is 1. The van der Waals surface area contributed by atoms with Crippen molar-refractivity contribution >= 4 is 40.6 Å². The Balaban J connectivity index is 1.61. The summed E-state index contributed by atoms with van der Waals surface area (Å²) in [4.78, 5) is 28.2. The highest BCUT2D eigenvalue weighted by Gasteiger charge is 2.24. The first-order valence-corrected chi connectivity index (χ1v) is 10.0. The van der Waals surface area contributed by atoms with E-state index in [1.807, 2.05) is 32.0 Å². The van der Waals surface area contributed by atoms with E-state index in [9.17, 15) is 9.59 Å². The van der Waals surface area contributed by atoms with Gasteiger partial charge in [0.1, 0.15) is 17.4 Å². The van der Waals surface area contributed by atoms with E-state index in [2.05, 4.69) is 10.3 Å². The van der Waals surface area contributed by atoms with E-state index < -0.39 is 5.97 Å². The highest BCUT2D eigenvalue weighted by atomic mass is 32.2. The number of carbonyl (C=O) groups excluding carboxylic acids is 1. The lowest BCUT2D eigenvalue weighted by atomic mass is 10.1. The first-order valence-electron chi connectivity index (χ1n) is 9.19. The van der Waals surface area contributed by atoms with Gasteiger partial charge >= 0.3 is 5.97 Å². The van der Waals surface area contributed by atoms with Gasteiger partial charge in [0.25, 0.3) is 5.24 Å². The van der Waals surface area contributed by atoms with Crippen LogP contribution in [0.2, 0.25) is 0 Å². The number of hydrogen-bond acceptors (Lipinski definition) is 5. The van der Waals surface area contributed by atoms with Gasteiger partial charge < -0.3 is 14.8 Å². The number of nitrogens with one attached hydrogen (secondary N) is 1. The Bertz CT molecular complexity index is 1210. The van der Waals surface area contributed by atoms with Gasteiger partial charge in [-0.3, -0.25) is 4.79 Å². The summed E-state index contributed by atoms with van der Waals surface area (Å²) in [7, 11) is 0. The molecule has 1 aliphatic heterocycles. The quantitative estimate of drug-likeness (QED) is 0.559. The molecule has 7 heteroatoms. The number of hydrogen-bond donors (Lipinski definition) is 2. The van der Waals surface area contributed by atoms with E-state index in [4.69, 9.17) is 9.52 Å². The zero-order valence-electron chi connectivity index (χ0n) is 16.3. The lowest BCUT2D eigenvalue weighted by Crippen LogP contribution is -2.18. The summed E-state index contributed by atoms with van der Waals surface area (Å²) in [6.45, 7) is 4.06. The summed E-state index contributed by atoms with van der Waals surface area (Å²) in [6, 6.07) is 15.9. The maximum atomic E-state index is 11.9. The standard InChI is InChI=1S/C23H18N2O4S/c1-13-3-8-17(11-14(13)2)24-21-20(30-23(28)25-21)12-18-9-10-19(29-18)15-4-6-16(7-5-15)22(26)27/h3-12H,1-2H3,(H,26,27)(H,24,25,28). The molecule has 0 radical (unpaired) electrons. The summed E-state index contributed by atoms with van der Waals surface area (Å²) < 4.78 is 5.87. The smallest absolute Gasteiger partial charge is 0.335 e. The van der Waals surface area contributed by atoms with E-state index in [1.165, 1.54) is 17.7 Å². The van der Waals surface area contributed by atoms with E-state index in [0.29, 0.717) is 22.3 Å². The fourth-order valence-electron chi connectivity index (χ4n) is 2.93. The number of carboxylic acids is 1. The van der Waals surface area contributed by atoms with Crippen molar-refractivity contribution in [3.8, 4) is 11.3 Å². The Kier molecular flexibility index (Phi) is 5.29. The lowest BCUT2D eigenvalue weighted by Gasteiger charge is -2.03. The maximum Gasteiger partial charge on any atom is 0.335 e. The van der Waals surface area contributed by atoms with E-state index in [1.54, 1.807) is 30.3 Å². The molecule has 0 bridgehead atoms. The molecule has 1 saturated heterocycles. The second kappa shape index (κ2) is 8.04. The van der Waals surface area contributed by atoms with E-state index >= 15 is 0 Å². The molecule has 0 aliphatic carbocycles. The molecule has 2 aromatic carbocycles. The number of benzene rings is 2. The van der Waals surface area contributed by atoms with Crippen molar-refractivity contribution in [2.75, 3.05) is 0 Å². The molecule has 0 atom stereocenters. The molecule has 0 saturated carbocycles. The van der Waals surface area contributed by atoms with Gasteiger partial charge in [-0.2, -0.15) is 0 Å². The number of amidine groups is 1. The number of aromatic carboxylic acids is 1. The molecule has 150 valence electrons. The van der Waals surface area contributed by atoms with Crippen LogP contribution in [0.3, 0.4) is 0 Å². The summed E-state index contributed by atoms with van der Waals surface area (Å²) in [5.41, 5.74) is 4.05. The average Bonchev–Trinajstić information content (AvgIpc) is 3.31. The first-order chi connectivity index (χ1) is 14.4. The molecule has 30 heavy (non-hydrogen) atoms. The predicted molar refractivity (Wildman–Crippen MR) is 118 cm³/mol. The number of rotatable bonds is 4. The zero-order valence-corrected chi connectivity index (χ0v) is 17.1. The minimum atomic E-state index is -0.975. The van der Waals surface area contributed by atoms with Gasteiger partial charge in [-0.05, 0) is 79.2 Å². The topological polar surface area (TPSA) is 91.9 Å². The van der Waals surface area contributed by atoms with Crippen LogP contribution in [-0.4, -0.2) is 22.2 Å². The van der Waals surface area contributed by atoms with Gasteiger partial charge in [0.15, 0.2) is 0 Å². The van der Waals surface area contributed by atoms with Crippen LogP contribution in [0.5, 0.6) is 0 Å². The van der Waals surface area contributed by atoms with Crippen molar-refractivity contribution < 1.29 is 19.1 Å². The minimum absolute atomic E-state index is 0.195. The predicted octanol–water partition coefficient (Wildman–Crippen LogP) is 5.79. The van der Waals surface area contributed by atoms with Crippen molar-refractivity contribution in [3.63, 3.8) is 0 Å². The molecule has 2 N–H and O–H groups in total. The van der Waals surface area contributed by atoms with Crippen molar-refractivity contribution in [3.05, 3.63) is 82.0 Å². The first kappa shape index (κ1) is 19.7. The van der Waals surface area contributed by atoms with Gasteiger partial charge in [-0.25, -0.2) is 9.79 Å². The van der Waals surface area contributed by atoms with Gasteiger partial charge in [0, 0.05) is 5.56 Å². The number of amides is 1. The fourth-order valence-corrected chi connectivity index (χ4v) is 3.64. The van der Waals surface area contributed by atoms with Crippen molar-refractivity contribution in [1.29, 1.82) is 0 Å². The zero-order chi connectivity index (χ0) is 21.3. The molecule has 1 fully saturated rings. The van der Waals surface area contributed by atoms with Crippen LogP contribution in [-0.2, 0) is 0 Å². The van der Waals surface area contributed by atoms with Gasteiger partial charge in [0.05, 0.1) is 16.2 Å². The molecule has 0 spiro atoms. The summed E-state index contributed by atoms with van der Waals surface area (Å²) in [6.07, 6.45) is 1.76. The van der Waals surface area contributed by atoms with E-state index in [-0.39, 0.29) is 10.8 Å². The Morgan fingerprint density at radius 3 is 2.53 bits per heavy atom. The molecule has 1 amide bonds. The molecular formula is C23H18N2O4S. The van der Waals surface area contributed by atoms with Crippen LogP contribution < -0.4 is 5.32 Å². The second-order valence-electron chi connectivity index (χ2n) is 6.84. The molecule has 2 heterocycles. The second-order valence-corrected chi connectivity index (χ2v) is 7.85. The summed E-state index contributed by atoms with van der Waals surface area (Å²) >= 11 is 1.06. The van der Waals surface area contributed by atoms with Gasteiger partial charge in [0.2, 0.25) is 0 Å². The number of nitrogens with zero attached hydrogens (tertiary/aromatic N) is 1. The van der Waals surface area contributed by atoms with Crippen LogP contribution in [0.15, 0.2) is 68.9 Å². The number of aryl methyl sites for hydroxylation is 2. The lowest BCUT2D eigenvalue weighted by molar-refractivity contribution is 0.0697. The molecule has 1 aliphatic rings. The molecule has 0 unspecified atom stereocenters. The Hall–Kier alpha value is -3.58. The van der Waals surface area contributed by atoms with Crippen molar-refractivity contribution in [1.82, 2.24) is 5.32 Å². The number of furan rings is 1. The third-order valence-corrected chi connectivity index (χ3v) is 5.52. The highest BCUT2D eigenvalue weighted by Crippen LogP contribution is 2.31. The van der Waals surface area contributed by atoms with Crippen LogP contribution in [0, 0.1) is 13.8 Å². The highest BCUT2D eigenvalue weighted by molar-refractivity contribution is 8.18. The molecule has 4 rings (SSSR count). The normalized spacial score (nSPS) is 16.3. The SMILES string of the molecule is Cc1ccc(N=C2NC(=O)SC2=Cc2ccc(-c3ccc(C(=O)O)cc3)o2)cc1C. The molecule has 3 aromatic rings. The Labute approximate surface area is 177 Å². The largest absolute Gasteiger partial charge is 0.478 e. The van der Waals surface area contributed by atoms with Gasteiger partial charge in [-0.15, -0.1) is 0 Å². The van der Waals surface area contributed by atoms with E-state index in [0.717, 1.165) is 28.6 Å². The average molecular weight is 418 g/mol. The molecule has 6 nitrogen and oxygen atoms in total. The monoisotopic (exact) mass is 418 g/mol. The van der Waals surface area contributed by atoms with Crippen LogP contribution >= 0.6 is 11.8 Å². The Morgan fingerprint density at radius 2 is 1.83 bits per heavy atom. The third-order valence-electron chi connectivity index (χ3n) is 4.70. The van der Waals surface area contributed by atoms with Crippen molar-refractivity contribution in [2.24, 2.45) is 4.99 Å². The fraction of sp³-hybridized carbons (Fsp3) is 0.0870. The van der Waals surface area contributed by atoms with Gasteiger partial charge in [-0.1, -0.05) is 18.2 Å².